The van der Waals surface area contributed by atoms with Gasteiger partial charge in [-0.3, -0.25) is 4.79 Å². The largest absolute Gasteiger partial charge is 0.465 e. The van der Waals surface area contributed by atoms with E-state index in [9.17, 15) is 4.79 Å². The summed E-state index contributed by atoms with van der Waals surface area (Å²) < 4.78 is 5.30. The van der Waals surface area contributed by atoms with Gasteiger partial charge in [-0.2, -0.15) is 0 Å². The fourth-order valence-electron chi connectivity index (χ4n) is 5.32. The molecule has 2 atom stereocenters. The monoisotopic (exact) mass is 392 g/mol. The van der Waals surface area contributed by atoms with Crippen LogP contribution < -0.4 is 0 Å². The van der Waals surface area contributed by atoms with Crippen molar-refractivity contribution in [1.82, 2.24) is 0 Å². The van der Waals surface area contributed by atoms with Gasteiger partial charge in [0.05, 0.1) is 13.0 Å². The third-order valence-corrected chi connectivity index (χ3v) is 8.00. The van der Waals surface area contributed by atoms with Crippen LogP contribution in [0.15, 0.2) is 30.3 Å². The van der Waals surface area contributed by atoms with Gasteiger partial charge >= 0.3 is 5.97 Å². The van der Waals surface area contributed by atoms with E-state index in [0.717, 1.165) is 32.1 Å². The van der Waals surface area contributed by atoms with Crippen LogP contribution in [0.5, 0.6) is 0 Å². The first-order valence-corrected chi connectivity index (χ1v) is 11.6. The van der Waals surface area contributed by atoms with Gasteiger partial charge in [0.2, 0.25) is 0 Å². The smallest absolute Gasteiger partial charge is 0.306 e. The van der Waals surface area contributed by atoms with Crippen molar-refractivity contribution in [1.29, 1.82) is 0 Å². The van der Waals surface area contributed by atoms with Gasteiger partial charge in [0.15, 0.2) is 0 Å². The molecule has 0 bridgehead atoms. The summed E-state index contributed by atoms with van der Waals surface area (Å²) in [6.07, 6.45) is 13.3. The lowest BCUT2D eigenvalue weighted by Crippen LogP contribution is -2.16. The van der Waals surface area contributed by atoms with Crippen LogP contribution in [0.2, 0.25) is 0 Å². The van der Waals surface area contributed by atoms with E-state index >= 15 is 0 Å². The van der Waals surface area contributed by atoms with Gasteiger partial charge in [-0.25, -0.2) is 0 Å². The molecular formula is C25H28O2S. The van der Waals surface area contributed by atoms with Crippen LogP contribution in [0, 0.1) is 5.41 Å². The molecule has 3 heteroatoms. The molecule has 2 nitrogen and oxygen atoms in total. The number of ether oxygens (including phenoxy) is 1. The molecule has 1 spiro atoms. The maximum Gasteiger partial charge on any atom is 0.306 e. The number of hydrogen-bond donors (Lipinski definition) is 0. The van der Waals surface area contributed by atoms with Crippen molar-refractivity contribution in [3.63, 3.8) is 0 Å². The molecule has 2 aliphatic carbocycles. The Bertz CT molecular complexity index is 938. The molecule has 2 heterocycles. The number of fused-ring (bicyclic) bond motifs is 3. The van der Waals surface area contributed by atoms with Crippen molar-refractivity contribution < 1.29 is 9.53 Å². The van der Waals surface area contributed by atoms with E-state index in [4.69, 9.17) is 4.74 Å². The van der Waals surface area contributed by atoms with Crippen LogP contribution in [0.1, 0.15) is 72.2 Å². The zero-order valence-corrected chi connectivity index (χ0v) is 17.4. The highest BCUT2D eigenvalue weighted by Gasteiger charge is 2.46. The standard InChI is InChI=1S/C25H28O2S/c1-2-3-4-5-20-13-22-21-8-6-17(12-18(21)7-9-23(22)28-20)19-10-11-25(14-19)15-24(26)27-16-25/h4-6,8,12-13,19H,2-3,7,9-11,14-16H2,1H3/t19-,25-/m0/s1. The molecule has 5 rings (SSSR count). The lowest BCUT2D eigenvalue weighted by Gasteiger charge is -2.21. The number of allylic oxidation sites excluding steroid dienone is 1. The molecular weight excluding hydrogens is 364 g/mol. The van der Waals surface area contributed by atoms with Crippen LogP contribution in [0.3, 0.4) is 0 Å². The van der Waals surface area contributed by atoms with Crippen LogP contribution in [0.4, 0.5) is 0 Å². The summed E-state index contributed by atoms with van der Waals surface area (Å²) in [4.78, 5) is 14.5. The van der Waals surface area contributed by atoms with Crippen molar-refractivity contribution in [2.24, 2.45) is 5.41 Å². The fraction of sp³-hybridized carbons (Fsp3) is 0.480. The molecule has 0 unspecified atom stereocenters. The van der Waals surface area contributed by atoms with Gasteiger partial charge < -0.3 is 4.74 Å². The fourth-order valence-corrected chi connectivity index (χ4v) is 6.43. The molecule has 0 radical (unpaired) electrons. The molecule has 1 aromatic heterocycles. The maximum atomic E-state index is 11.6. The Hall–Kier alpha value is -1.87. The van der Waals surface area contributed by atoms with E-state index in [0.29, 0.717) is 18.9 Å². The highest BCUT2D eigenvalue weighted by atomic mass is 32.1. The number of esters is 1. The SMILES string of the molecule is CCCC=Cc1cc2c(s1)CCc1cc([C@H]3CC[C@]4(COC(=O)C4)C3)ccc1-2. The molecule has 3 aliphatic rings. The number of rotatable bonds is 4. The highest BCUT2D eigenvalue weighted by Crippen LogP contribution is 2.52. The molecule has 1 aromatic carbocycles. The molecule has 0 amide bonds. The summed E-state index contributed by atoms with van der Waals surface area (Å²) in [6.45, 7) is 2.86. The number of hydrogen-bond acceptors (Lipinski definition) is 3. The summed E-state index contributed by atoms with van der Waals surface area (Å²) in [7, 11) is 0. The van der Waals surface area contributed by atoms with E-state index in [1.165, 1.54) is 44.8 Å². The number of aryl methyl sites for hydroxylation is 2. The Morgan fingerprint density at radius 1 is 1.25 bits per heavy atom. The van der Waals surface area contributed by atoms with Crippen LogP contribution in [-0.4, -0.2) is 12.6 Å². The van der Waals surface area contributed by atoms with Crippen molar-refractivity contribution in [2.45, 2.75) is 64.2 Å². The Morgan fingerprint density at radius 2 is 2.18 bits per heavy atom. The Morgan fingerprint density at radius 3 is 3.00 bits per heavy atom. The summed E-state index contributed by atoms with van der Waals surface area (Å²) in [5, 5.41) is 0. The zero-order chi connectivity index (χ0) is 19.1. The maximum absolute atomic E-state index is 11.6. The molecule has 146 valence electrons. The molecule has 1 saturated carbocycles. The molecule has 28 heavy (non-hydrogen) atoms. The number of carbonyl (C=O) groups is 1. The lowest BCUT2D eigenvalue weighted by molar-refractivity contribution is -0.137. The predicted octanol–water partition coefficient (Wildman–Crippen LogP) is 6.53. The normalized spacial score (nSPS) is 26.0. The highest BCUT2D eigenvalue weighted by molar-refractivity contribution is 7.13. The first kappa shape index (κ1) is 18.2. The molecule has 2 aromatic rings. The van der Waals surface area contributed by atoms with Gasteiger partial charge in [-0.1, -0.05) is 37.6 Å². The second kappa shape index (κ2) is 7.18. The number of unbranched alkanes of at least 4 members (excludes halogenated alkanes) is 1. The van der Waals surface area contributed by atoms with E-state index in [-0.39, 0.29) is 11.4 Å². The number of thiophene rings is 1. The Labute approximate surface area is 171 Å². The minimum absolute atomic E-state index is 0.000122. The topological polar surface area (TPSA) is 26.3 Å². The van der Waals surface area contributed by atoms with Gasteiger partial charge in [0, 0.05) is 15.2 Å². The Kier molecular flexibility index (Phi) is 4.66. The van der Waals surface area contributed by atoms with Crippen molar-refractivity contribution in [3.05, 3.63) is 51.2 Å². The molecule has 2 fully saturated rings. The average molecular weight is 393 g/mol. The van der Waals surface area contributed by atoms with Crippen LogP contribution in [-0.2, 0) is 22.4 Å². The summed E-state index contributed by atoms with van der Waals surface area (Å²) in [5.41, 5.74) is 5.98. The first-order valence-electron chi connectivity index (χ1n) is 10.7. The van der Waals surface area contributed by atoms with Crippen LogP contribution >= 0.6 is 11.3 Å². The quantitative estimate of drug-likeness (QED) is 0.553. The predicted molar refractivity (Wildman–Crippen MR) is 116 cm³/mol. The zero-order valence-electron chi connectivity index (χ0n) is 16.6. The summed E-state index contributed by atoms with van der Waals surface area (Å²) in [6, 6.07) is 9.55. The summed E-state index contributed by atoms with van der Waals surface area (Å²) >= 11 is 1.96. The van der Waals surface area contributed by atoms with Gasteiger partial charge in [-0.05, 0) is 78.8 Å². The van der Waals surface area contributed by atoms with Crippen molar-refractivity contribution in [3.8, 4) is 11.1 Å². The van der Waals surface area contributed by atoms with Crippen molar-refractivity contribution >= 4 is 23.4 Å². The van der Waals surface area contributed by atoms with E-state index in [1.54, 1.807) is 0 Å². The summed E-state index contributed by atoms with van der Waals surface area (Å²) in [5.74, 6) is 0.580. The minimum Gasteiger partial charge on any atom is -0.465 e. The third-order valence-electron chi connectivity index (χ3n) is 6.84. The second-order valence-electron chi connectivity index (χ2n) is 8.87. The minimum atomic E-state index is -0.000122. The van der Waals surface area contributed by atoms with Crippen LogP contribution in [0.25, 0.3) is 17.2 Å². The lowest BCUT2D eigenvalue weighted by atomic mass is 9.82. The van der Waals surface area contributed by atoms with Gasteiger partial charge in [0.25, 0.3) is 0 Å². The third kappa shape index (κ3) is 3.24. The average Bonchev–Trinajstić information content (AvgIpc) is 3.40. The molecule has 0 N–H and O–H groups in total. The number of benzene rings is 1. The van der Waals surface area contributed by atoms with E-state index in [2.05, 4.69) is 43.3 Å². The van der Waals surface area contributed by atoms with Crippen molar-refractivity contribution in [2.75, 3.05) is 6.61 Å². The first-order chi connectivity index (χ1) is 13.7. The van der Waals surface area contributed by atoms with E-state index in [1.807, 2.05) is 11.3 Å². The number of carbonyl (C=O) groups excluding carboxylic acids is 1. The van der Waals surface area contributed by atoms with E-state index < -0.39 is 0 Å². The molecule has 1 aliphatic heterocycles. The van der Waals surface area contributed by atoms with Gasteiger partial charge in [0.1, 0.15) is 0 Å². The Balaban J connectivity index is 1.38. The second-order valence-corrected chi connectivity index (χ2v) is 10.0. The molecule has 1 saturated heterocycles. The van der Waals surface area contributed by atoms with Gasteiger partial charge in [-0.15, -0.1) is 11.3 Å². The number of cyclic esters (lactones) is 1.